The van der Waals surface area contributed by atoms with Gasteiger partial charge in [-0.25, -0.2) is 9.98 Å². The Bertz CT molecular complexity index is 972. The molecule has 0 saturated heterocycles. The molecular formula is C24H31N5O. The molecule has 0 amide bonds. The van der Waals surface area contributed by atoms with E-state index < -0.39 is 6.10 Å². The number of fused-ring (bicyclic) bond motifs is 1. The van der Waals surface area contributed by atoms with Gasteiger partial charge in [0.2, 0.25) is 0 Å². The molecule has 0 aliphatic carbocycles. The van der Waals surface area contributed by atoms with E-state index in [9.17, 15) is 5.11 Å². The summed E-state index contributed by atoms with van der Waals surface area (Å²) in [6.45, 7) is 3.98. The summed E-state index contributed by atoms with van der Waals surface area (Å²) in [5.41, 5.74) is 3.03. The number of hydrogen-bond acceptors (Lipinski definition) is 4. The maximum absolute atomic E-state index is 10.4. The number of nitrogens with zero attached hydrogens (tertiary/aromatic N) is 3. The van der Waals surface area contributed by atoms with Crippen molar-refractivity contribution < 1.29 is 5.11 Å². The minimum Gasteiger partial charge on any atom is -0.388 e. The maximum Gasteiger partial charge on any atom is 0.191 e. The zero-order valence-corrected chi connectivity index (χ0v) is 18.0. The minimum absolute atomic E-state index is 0.492. The van der Waals surface area contributed by atoms with E-state index in [0.29, 0.717) is 19.5 Å². The van der Waals surface area contributed by atoms with Gasteiger partial charge in [-0.05, 0) is 36.6 Å². The smallest absolute Gasteiger partial charge is 0.191 e. The SMILES string of the molecule is CCNC(=NCc1cc(N(C)C)nc2ccccc12)NCCC(O)c1ccccc1. The van der Waals surface area contributed by atoms with Crippen molar-refractivity contribution in [3.05, 3.63) is 71.8 Å². The number of hydrogen-bond donors (Lipinski definition) is 3. The molecule has 30 heavy (non-hydrogen) atoms. The summed E-state index contributed by atoms with van der Waals surface area (Å²) >= 11 is 0. The van der Waals surface area contributed by atoms with E-state index in [4.69, 9.17) is 9.98 Å². The van der Waals surface area contributed by atoms with E-state index in [1.807, 2.05) is 74.4 Å². The Labute approximate surface area is 178 Å². The predicted molar refractivity (Wildman–Crippen MR) is 125 cm³/mol. The summed E-state index contributed by atoms with van der Waals surface area (Å²) < 4.78 is 0. The quantitative estimate of drug-likeness (QED) is 0.395. The fourth-order valence-corrected chi connectivity index (χ4v) is 3.27. The lowest BCUT2D eigenvalue weighted by Crippen LogP contribution is -2.38. The molecule has 0 fully saturated rings. The van der Waals surface area contributed by atoms with E-state index in [1.165, 1.54) is 0 Å². The van der Waals surface area contributed by atoms with Crippen LogP contribution in [0.3, 0.4) is 0 Å². The molecule has 158 valence electrons. The number of para-hydroxylation sites is 1. The number of pyridine rings is 1. The molecule has 3 aromatic rings. The molecule has 0 aliphatic rings. The summed E-state index contributed by atoms with van der Waals surface area (Å²) in [6, 6.07) is 20.0. The van der Waals surface area contributed by atoms with Crippen molar-refractivity contribution in [2.24, 2.45) is 4.99 Å². The topological polar surface area (TPSA) is 72.8 Å². The van der Waals surface area contributed by atoms with E-state index in [0.717, 1.165) is 40.4 Å². The van der Waals surface area contributed by atoms with Gasteiger partial charge in [-0.15, -0.1) is 0 Å². The van der Waals surface area contributed by atoms with Gasteiger partial charge in [0.15, 0.2) is 5.96 Å². The number of anilines is 1. The molecular weight excluding hydrogens is 374 g/mol. The average Bonchev–Trinajstić information content (AvgIpc) is 2.77. The molecule has 1 unspecified atom stereocenters. The standard InChI is InChI=1S/C24H31N5O/c1-4-25-24(26-15-14-22(30)18-10-6-5-7-11-18)27-17-19-16-23(29(2)3)28-21-13-9-8-12-20(19)21/h5-13,16,22,30H,4,14-15,17H2,1-3H3,(H2,25,26,27). The molecule has 1 aromatic heterocycles. The summed E-state index contributed by atoms with van der Waals surface area (Å²) in [4.78, 5) is 11.5. The normalized spacial score (nSPS) is 12.6. The van der Waals surface area contributed by atoms with Crippen molar-refractivity contribution in [3.8, 4) is 0 Å². The molecule has 6 heteroatoms. The third-order valence-corrected chi connectivity index (χ3v) is 4.89. The number of benzene rings is 2. The molecule has 6 nitrogen and oxygen atoms in total. The van der Waals surface area contributed by atoms with Gasteiger partial charge in [0.25, 0.3) is 0 Å². The number of aliphatic hydroxyl groups excluding tert-OH is 1. The number of guanidine groups is 1. The fourth-order valence-electron chi connectivity index (χ4n) is 3.27. The Balaban J connectivity index is 1.70. The Morgan fingerprint density at radius 3 is 2.53 bits per heavy atom. The van der Waals surface area contributed by atoms with Crippen LogP contribution in [0.15, 0.2) is 65.7 Å². The summed E-state index contributed by atoms with van der Waals surface area (Å²) in [5.74, 6) is 1.66. The molecule has 0 radical (unpaired) electrons. The third kappa shape index (κ3) is 5.70. The van der Waals surface area contributed by atoms with Crippen molar-refractivity contribution in [1.29, 1.82) is 0 Å². The van der Waals surface area contributed by atoms with Crippen LogP contribution < -0.4 is 15.5 Å². The largest absolute Gasteiger partial charge is 0.388 e. The van der Waals surface area contributed by atoms with Crippen LogP contribution in [0.25, 0.3) is 10.9 Å². The van der Waals surface area contributed by atoms with Crippen molar-refractivity contribution in [3.63, 3.8) is 0 Å². The highest BCUT2D eigenvalue weighted by Gasteiger charge is 2.09. The minimum atomic E-state index is -0.492. The number of aromatic nitrogens is 1. The predicted octanol–water partition coefficient (Wildman–Crippen LogP) is 3.48. The van der Waals surface area contributed by atoms with Gasteiger partial charge in [-0.2, -0.15) is 0 Å². The molecule has 0 spiro atoms. The highest BCUT2D eigenvalue weighted by molar-refractivity contribution is 5.85. The summed E-state index contributed by atoms with van der Waals surface area (Å²) in [7, 11) is 3.99. The molecule has 3 rings (SSSR count). The fraction of sp³-hybridized carbons (Fsp3) is 0.333. The van der Waals surface area contributed by atoms with Crippen molar-refractivity contribution in [2.75, 3.05) is 32.1 Å². The first-order chi connectivity index (χ1) is 14.6. The number of rotatable bonds is 8. The van der Waals surface area contributed by atoms with Crippen LogP contribution in [0.5, 0.6) is 0 Å². The second-order valence-corrected chi connectivity index (χ2v) is 7.39. The molecule has 0 aliphatic heterocycles. The van der Waals surface area contributed by atoms with Crippen molar-refractivity contribution in [1.82, 2.24) is 15.6 Å². The zero-order chi connectivity index (χ0) is 21.3. The molecule has 0 saturated carbocycles. The third-order valence-electron chi connectivity index (χ3n) is 4.89. The second-order valence-electron chi connectivity index (χ2n) is 7.39. The molecule has 1 atom stereocenters. The first kappa shape index (κ1) is 21.6. The molecule has 1 heterocycles. The second kappa shape index (κ2) is 10.6. The molecule has 2 aromatic carbocycles. The van der Waals surface area contributed by atoms with Gasteiger partial charge in [0.1, 0.15) is 5.82 Å². The van der Waals surface area contributed by atoms with Crippen LogP contribution in [0.2, 0.25) is 0 Å². The molecule has 0 bridgehead atoms. The lowest BCUT2D eigenvalue weighted by molar-refractivity contribution is 0.168. The van der Waals surface area contributed by atoms with E-state index in [2.05, 4.69) is 22.8 Å². The van der Waals surface area contributed by atoms with Gasteiger partial charge in [0.05, 0.1) is 18.2 Å². The van der Waals surface area contributed by atoms with Crippen LogP contribution in [-0.4, -0.2) is 43.2 Å². The monoisotopic (exact) mass is 405 g/mol. The average molecular weight is 406 g/mol. The van der Waals surface area contributed by atoms with Gasteiger partial charge in [-0.3, -0.25) is 0 Å². The highest BCUT2D eigenvalue weighted by Crippen LogP contribution is 2.22. The summed E-state index contributed by atoms with van der Waals surface area (Å²) in [6.07, 6.45) is 0.116. The Morgan fingerprint density at radius 2 is 1.80 bits per heavy atom. The zero-order valence-electron chi connectivity index (χ0n) is 18.0. The Kier molecular flexibility index (Phi) is 7.63. The number of aliphatic imine (C=N–C) groups is 1. The first-order valence-electron chi connectivity index (χ1n) is 10.4. The molecule has 3 N–H and O–H groups in total. The number of nitrogens with one attached hydrogen (secondary N) is 2. The lowest BCUT2D eigenvalue weighted by Gasteiger charge is -2.16. The van der Waals surface area contributed by atoms with E-state index >= 15 is 0 Å². The summed E-state index contributed by atoms with van der Waals surface area (Å²) in [5, 5.41) is 18.1. The van der Waals surface area contributed by atoms with Gasteiger partial charge in [0, 0.05) is 32.6 Å². The van der Waals surface area contributed by atoms with Crippen LogP contribution >= 0.6 is 0 Å². The van der Waals surface area contributed by atoms with Crippen LogP contribution in [0.1, 0.15) is 30.6 Å². The Hall–Kier alpha value is -3.12. The van der Waals surface area contributed by atoms with Gasteiger partial charge in [-0.1, -0.05) is 48.5 Å². The van der Waals surface area contributed by atoms with Crippen LogP contribution in [0, 0.1) is 0 Å². The number of aliphatic hydroxyl groups is 1. The Morgan fingerprint density at radius 1 is 1.07 bits per heavy atom. The van der Waals surface area contributed by atoms with Gasteiger partial charge >= 0.3 is 0 Å². The van der Waals surface area contributed by atoms with Crippen molar-refractivity contribution in [2.45, 2.75) is 26.0 Å². The van der Waals surface area contributed by atoms with Crippen LogP contribution in [0.4, 0.5) is 5.82 Å². The highest BCUT2D eigenvalue weighted by atomic mass is 16.3. The first-order valence-corrected chi connectivity index (χ1v) is 10.4. The van der Waals surface area contributed by atoms with E-state index in [-0.39, 0.29) is 0 Å². The van der Waals surface area contributed by atoms with Crippen LogP contribution in [-0.2, 0) is 6.54 Å². The van der Waals surface area contributed by atoms with Crippen molar-refractivity contribution >= 4 is 22.7 Å². The van der Waals surface area contributed by atoms with Gasteiger partial charge < -0.3 is 20.6 Å². The lowest BCUT2D eigenvalue weighted by atomic mass is 10.1. The maximum atomic E-state index is 10.4. The van der Waals surface area contributed by atoms with E-state index in [1.54, 1.807) is 0 Å².